The number of hydrogen-bond donors (Lipinski definition) is 0. The number of carbonyl (C=O) groups is 1. The summed E-state index contributed by atoms with van der Waals surface area (Å²) >= 11 is 0. The molecule has 6 heteroatoms. The molecule has 0 saturated carbocycles. The van der Waals surface area contributed by atoms with Crippen molar-refractivity contribution in [3.05, 3.63) is 36.4 Å². The van der Waals surface area contributed by atoms with Gasteiger partial charge in [0.2, 0.25) is 0 Å². The van der Waals surface area contributed by atoms with Crippen molar-refractivity contribution in [3.8, 4) is 11.4 Å². The Hall–Kier alpha value is -2.37. The summed E-state index contributed by atoms with van der Waals surface area (Å²) in [6.07, 6.45) is 7.73. The zero-order valence-corrected chi connectivity index (χ0v) is 14.6. The van der Waals surface area contributed by atoms with E-state index >= 15 is 0 Å². The van der Waals surface area contributed by atoms with Gasteiger partial charge in [0.25, 0.3) is 0 Å². The highest BCUT2D eigenvalue weighted by Gasteiger charge is 2.25. The monoisotopic (exact) mass is 327 g/mol. The van der Waals surface area contributed by atoms with Crippen molar-refractivity contribution in [2.45, 2.75) is 26.3 Å². The number of hydrogen-bond acceptors (Lipinski definition) is 3. The lowest BCUT2D eigenvalue weighted by Crippen LogP contribution is -2.45. The van der Waals surface area contributed by atoms with Crippen LogP contribution in [0.1, 0.15) is 18.5 Å². The van der Waals surface area contributed by atoms with Crippen LogP contribution in [0, 0.1) is 12.8 Å². The quantitative estimate of drug-likeness (QED) is 0.871. The van der Waals surface area contributed by atoms with Crippen molar-refractivity contribution in [2.24, 2.45) is 5.92 Å². The molecule has 1 fully saturated rings. The number of amides is 2. The fourth-order valence-corrected chi connectivity index (χ4v) is 3.35. The van der Waals surface area contributed by atoms with E-state index in [2.05, 4.69) is 21.5 Å². The van der Waals surface area contributed by atoms with Crippen LogP contribution in [-0.4, -0.2) is 57.6 Å². The number of carbonyl (C=O) groups excluding carboxylic acids is 1. The zero-order chi connectivity index (χ0) is 17.1. The number of aromatic nitrogens is 3. The normalized spacial score (nSPS) is 17.8. The van der Waals surface area contributed by atoms with E-state index in [1.807, 2.05) is 43.5 Å². The molecule has 0 N–H and O–H groups in total. The topological polar surface area (TPSA) is 54.3 Å². The molecule has 0 aromatic carbocycles. The Bertz CT molecular complexity index is 695. The number of imidazole rings is 1. The summed E-state index contributed by atoms with van der Waals surface area (Å²) in [5.74, 6) is 1.41. The fraction of sp³-hybridized carbons (Fsp3) is 0.500. The van der Waals surface area contributed by atoms with Gasteiger partial charge in [0, 0.05) is 63.6 Å². The maximum absolute atomic E-state index is 12.2. The van der Waals surface area contributed by atoms with Crippen LogP contribution in [0.3, 0.4) is 0 Å². The first kappa shape index (κ1) is 16.5. The van der Waals surface area contributed by atoms with E-state index in [1.54, 1.807) is 11.1 Å². The second-order valence-electron chi connectivity index (χ2n) is 6.71. The van der Waals surface area contributed by atoms with E-state index in [0.29, 0.717) is 5.92 Å². The SMILES string of the molecule is Cc1cnc(-c2cccnc2)n1CC1CCCN(C(=O)N(C)C)C1. The van der Waals surface area contributed by atoms with Gasteiger partial charge >= 0.3 is 6.03 Å². The average Bonchev–Trinajstić information content (AvgIpc) is 2.96. The van der Waals surface area contributed by atoms with E-state index in [-0.39, 0.29) is 6.03 Å². The van der Waals surface area contributed by atoms with Crippen molar-refractivity contribution in [1.82, 2.24) is 24.3 Å². The van der Waals surface area contributed by atoms with E-state index in [9.17, 15) is 4.79 Å². The van der Waals surface area contributed by atoms with Crippen LogP contribution in [0.15, 0.2) is 30.7 Å². The minimum absolute atomic E-state index is 0.106. The molecule has 128 valence electrons. The van der Waals surface area contributed by atoms with Crippen molar-refractivity contribution >= 4 is 6.03 Å². The van der Waals surface area contributed by atoms with Gasteiger partial charge in [-0.15, -0.1) is 0 Å². The van der Waals surface area contributed by atoms with Gasteiger partial charge in [-0.3, -0.25) is 4.98 Å². The van der Waals surface area contributed by atoms with Crippen LogP contribution < -0.4 is 0 Å². The molecule has 1 unspecified atom stereocenters. The predicted molar refractivity (Wildman–Crippen MR) is 93.6 cm³/mol. The number of aryl methyl sites for hydroxylation is 1. The number of piperidine rings is 1. The number of pyridine rings is 1. The van der Waals surface area contributed by atoms with E-state index in [4.69, 9.17) is 0 Å². The fourth-order valence-electron chi connectivity index (χ4n) is 3.35. The molecule has 0 spiro atoms. The highest BCUT2D eigenvalue weighted by atomic mass is 16.2. The molecule has 2 aromatic rings. The molecule has 2 amide bonds. The number of urea groups is 1. The summed E-state index contributed by atoms with van der Waals surface area (Å²) < 4.78 is 2.26. The van der Waals surface area contributed by atoms with Gasteiger partial charge in [-0.25, -0.2) is 9.78 Å². The second kappa shape index (κ2) is 7.03. The number of likely N-dealkylation sites (tertiary alicyclic amines) is 1. The van der Waals surface area contributed by atoms with Crippen LogP contribution in [0.2, 0.25) is 0 Å². The Morgan fingerprint density at radius 3 is 2.92 bits per heavy atom. The van der Waals surface area contributed by atoms with Crippen molar-refractivity contribution in [1.29, 1.82) is 0 Å². The molecule has 24 heavy (non-hydrogen) atoms. The highest BCUT2D eigenvalue weighted by Crippen LogP contribution is 2.24. The van der Waals surface area contributed by atoms with Gasteiger partial charge in [0.05, 0.1) is 0 Å². The molecule has 1 aliphatic heterocycles. The Kier molecular flexibility index (Phi) is 4.83. The average molecular weight is 327 g/mol. The molecule has 3 rings (SSSR count). The van der Waals surface area contributed by atoms with Gasteiger partial charge in [0.15, 0.2) is 0 Å². The van der Waals surface area contributed by atoms with E-state index < -0.39 is 0 Å². The summed E-state index contributed by atoms with van der Waals surface area (Å²) in [6, 6.07) is 4.07. The first-order valence-electron chi connectivity index (χ1n) is 8.45. The lowest BCUT2D eigenvalue weighted by molar-refractivity contribution is 0.138. The molecule has 0 bridgehead atoms. The van der Waals surface area contributed by atoms with Gasteiger partial charge in [0.1, 0.15) is 5.82 Å². The van der Waals surface area contributed by atoms with Gasteiger partial charge in [-0.1, -0.05) is 0 Å². The number of nitrogens with zero attached hydrogens (tertiary/aromatic N) is 5. The van der Waals surface area contributed by atoms with Gasteiger partial charge < -0.3 is 14.4 Å². The number of rotatable bonds is 3. The largest absolute Gasteiger partial charge is 0.331 e. The Balaban J connectivity index is 1.77. The van der Waals surface area contributed by atoms with Crippen molar-refractivity contribution in [3.63, 3.8) is 0 Å². The molecule has 6 nitrogen and oxygen atoms in total. The van der Waals surface area contributed by atoms with Crippen LogP contribution in [0.4, 0.5) is 4.79 Å². The van der Waals surface area contributed by atoms with Crippen LogP contribution in [0.5, 0.6) is 0 Å². The Morgan fingerprint density at radius 2 is 2.21 bits per heavy atom. The van der Waals surface area contributed by atoms with Crippen LogP contribution in [0.25, 0.3) is 11.4 Å². The summed E-state index contributed by atoms with van der Waals surface area (Å²) in [7, 11) is 3.62. The minimum atomic E-state index is 0.106. The third-order valence-corrected chi connectivity index (χ3v) is 4.59. The van der Waals surface area contributed by atoms with Gasteiger partial charge in [-0.2, -0.15) is 0 Å². The van der Waals surface area contributed by atoms with E-state index in [0.717, 1.165) is 49.6 Å². The Morgan fingerprint density at radius 1 is 1.38 bits per heavy atom. The van der Waals surface area contributed by atoms with Crippen molar-refractivity contribution < 1.29 is 4.79 Å². The van der Waals surface area contributed by atoms with E-state index in [1.165, 1.54) is 0 Å². The maximum Gasteiger partial charge on any atom is 0.319 e. The molecule has 1 aliphatic rings. The molecule has 1 atom stereocenters. The van der Waals surface area contributed by atoms with Crippen molar-refractivity contribution in [2.75, 3.05) is 27.2 Å². The lowest BCUT2D eigenvalue weighted by Gasteiger charge is -2.34. The maximum atomic E-state index is 12.2. The summed E-state index contributed by atoms with van der Waals surface area (Å²) in [6.45, 7) is 4.62. The van der Waals surface area contributed by atoms with Crippen LogP contribution >= 0.6 is 0 Å². The summed E-state index contributed by atoms with van der Waals surface area (Å²) in [4.78, 5) is 24.6. The van der Waals surface area contributed by atoms with Gasteiger partial charge in [-0.05, 0) is 37.8 Å². The molecular formula is C18H25N5O. The molecule has 0 aliphatic carbocycles. The first-order valence-corrected chi connectivity index (χ1v) is 8.45. The molecule has 1 saturated heterocycles. The smallest absolute Gasteiger partial charge is 0.319 e. The second-order valence-corrected chi connectivity index (χ2v) is 6.71. The standard InChI is InChI=1S/C18H25N5O/c1-14-10-20-17(16-7-4-8-19-11-16)23(14)13-15-6-5-9-22(12-15)18(24)21(2)3/h4,7-8,10-11,15H,5-6,9,12-13H2,1-3H3. The Labute approximate surface area is 143 Å². The first-order chi connectivity index (χ1) is 11.6. The molecule has 2 aromatic heterocycles. The minimum Gasteiger partial charge on any atom is -0.331 e. The molecule has 3 heterocycles. The summed E-state index contributed by atoms with van der Waals surface area (Å²) in [5, 5.41) is 0. The summed E-state index contributed by atoms with van der Waals surface area (Å²) in [5.41, 5.74) is 2.17. The molecular weight excluding hydrogens is 302 g/mol. The van der Waals surface area contributed by atoms with Crippen LogP contribution in [-0.2, 0) is 6.54 Å². The lowest BCUT2D eigenvalue weighted by atomic mass is 9.98. The zero-order valence-electron chi connectivity index (χ0n) is 14.6. The molecule has 0 radical (unpaired) electrons. The highest BCUT2D eigenvalue weighted by molar-refractivity contribution is 5.73. The third-order valence-electron chi connectivity index (χ3n) is 4.59. The third kappa shape index (κ3) is 3.42. The predicted octanol–water partition coefficient (Wildman–Crippen LogP) is 2.65.